The molecule has 0 saturated heterocycles. The Kier molecular flexibility index (Phi) is 6.20. The Balaban J connectivity index is 2.26. The molecule has 0 aromatic heterocycles. The lowest BCUT2D eigenvalue weighted by molar-refractivity contribution is -0.125. The topological polar surface area (TPSA) is 75.4 Å². The highest BCUT2D eigenvalue weighted by molar-refractivity contribution is 6.42. The number of nitrogens with zero attached hydrogens (tertiary/aromatic N) is 1. The summed E-state index contributed by atoms with van der Waals surface area (Å²) in [5, 5.41) is 3.05. The first kappa shape index (κ1) is 18.3. The summed E-state index contributed by atoms with van der Waals surface area (Å²) in [5.74, 6) is -0.490. The van der Waals surface area contributed by atoms with Gasteiger partial charge in [0.2, 0.25) is 5.91 Å². The molecule has 0 aliphatic heterocycles. The number of nitrogens with one attached hydrogen (secondary N) is 1. The second kappa shape index (κ2) is 8.15. The number of nitrogens with two attached hydrogens (primary N) is 1. The monoisotopic (exact) mass is 365 g/mol. The number of hydrogen-bond acceptors (Lipinski definition) is 3. The maximum atomic E-state index is 12.4. The summed E-state index contributed by atoms with van der Waals surface area (Å²) < 4.78 is 0. The van der Waals surface area contributed by atoms with Gasteiger partial charge in [-0.1, -0.05) is 59.6 Å². The zero-order chi connectivity index (χ0) is 17.7. The average molecular weight is 366 g/mol. The number of carbonyl (C=O) groups is 2. The summed E-state index contributed by atoms with van der Waals surface area (Å²) in [5.41, 5.74) is 6.71. The normalized spacial score (nSPS) is 12.0. The van der Waals surface area contributed by atoms with Crippen LogP contribution in [0.4, 0.5) is 4.79 Å². The SMILES string of the molecule is CN(Cc1ccc(Cl)c(Cl)c1)[C@@H](C(=O)NC(N)=O)c1ccccc1. The van der Waals surface area contributed by atoms with Gasteiger partial charge >= 0.3 is 6.03 Å². The third-order valence-corrected chi connectivity index (χ3v) is 4.21. The number of amides is 3. The third-order valence-electron chi connectivity index (χ3n) is 3.47. The molecule has 5 nitrogen and oxygen atoms in total. The molecule has 2 rings (SSSR count). The lowest BCUT2D eigenvalue weighted by Gasteiger charge is -2.27. The van der Waals surface area contributed by atoms with Crippen LogP contribution < -0.4 is 11.1 Å². The molecule has 126 valence electrons. The van der Waals surface area contributed by atoms with Crippen LogP contribution in [0.15, 0.2) is 48.5 Å². The van der Waals surface area contributed by atoms with Crippen molar-refractivity contribution in [3.63, 3.8) is 0 Å². The van der Waals surface area contributed by atoms with E-state index in [1.54, 1.807) is 24.1 Å². The minimum absolute atomic E-state index is 0.433. The van der Waals surface area contributed by atoms with Crippen LogP contribution in [0.5, 0.6) is 0 Å². The first-order chi connectivity index (χ1) is 11.4. The van der Waals surface area contributed by atoms with E-state index in [0.717, 1.165) is 11.1 Å². The molecule has 0 heterocycles. The maximum Gasteiger partial charge on any atom is 0.318 e. The van der Waals surface area contributed by atoms with Gasteiger partial charge in [-0.3, -0.25) is 15.0 Å². The van der Waals surface area contributed by atoms with Crippen LogP contribution in [0.25, 0.3) is 0 Å². The molecule has 2 aromatic carbocycles. The predicted octanol–water partition coefficient (Wildman–Crippen LogP) is 3.36. The number of hydrogen-bond donors (Lipinski definition) is 2. The standard InChI is InChI=1S/C17H17Cl2N3O2/c1-22(10-11-7-8-13(18)14(19)9-11)15(16(23)21-17(20)24)12-5-3-2-4-6-12/h2-9,15H,10H2,1H3,(H3,20,21,23,24)/t15-/m1/s1. The van der Waals surface area contributed by atoms with Crippen molar-refractivity contribution in [2.75, 3.05) is 7.05 Å². The molecule has 1 atom stereocenters. The van der Waals surface area contributed by atoms with E-state index in [2.05, 4.69) is 5.32 Å². The van der Waals surface area contributed by atoms with Gasteiger partial charge in [-0.15, -0.1) is 0 Å². The lowest BCUT2D eigenvalue weighted by atomic mass is 10.0. The first-order valence-corrected chi connectivity index (χ1v) is 7.93. The van der Waals surface area contributed by atoms with Gasteiger partial charge in [0.25, 0.3) is 0 Å². The molecule has 0 aliphatic rings. The van der Waals surface area contributed by atoms with E-state index >= 15 is 0 Å². The van der Waals surface area contributed by atoms with Crippen molar-refractivity contribution < 1.29 is 9.59 Å². The summed E-state index contributed by atoms with van der Waals surface area (Å²) >= 11 is 12.0. The number of benzene rings is 2. The molecule has 0 spiro atoms. The largest absolute Gasteiger partial charge is 0.351 e. The van der Waals surface area contributed by atoms with Crippen molar-refractivity contribution in [2.24, 2.45) is 5.73 Å². The fourth-order valence-electron chi connectivity index (χ4n) is 2.45. The van der Waals surface area contributed by atoms with Crippen LogP contribution in [-0.2, 0) is 11.3 Å². The van der Waals surface area contributed by atoms with Gasteiger partial charge in [0.05, 0.1) is 10.0 Å². The molecular formula is C17H17Cl2N3O2. The Hall–Kier alpha value is -2.08. The summed E-state index contributed by atoms with van der Waals surface area (Å²) in [6.45, 7) is 0.433. The fraction of sp³-hybridized carbons (Fsp3) is 0.176. The number of rotatable bonds is 5. The highest BCUT2D eigenvalue weighted by Gasteiger charge is 2.26. The van der Waals surface area contributed by atoms with Crippen LogP contribution in [0.1, 0.15) is 17.2 Å². The van der Waals surface area contributed by atoms with Gasteiger partial charge in [0.15, 0.2) is 0 Å². The van der Waals surface area contributed by atoms with Crippen molar-refractivity contribution in [1.82, 2.24) is 10.2 Å². The van der Waals surface area contributed by atoms with Gasteiger partial charge < -0.3 is 5.73 Å². The van der Waals surface area contributed by atoms with E-state index < -0.39 is 18.0 Å². The van der Waals surface area contributed by atoms with E-state index in [4.69, 9.17) is 28.9 Å². The number of carbonyl (C=O) groups excluding carboxylic acids is 2. The second-order valence-electron chi connectivity index (χ2n) is 5.33. The van der Waals surface area contributed by atoms with Crippen molar-refractivity contribution >= 4 is 35.1 Å². The highest BCUT2D eigenvalue weighted by Crippen LogP contribution is 2.26. The smallest absolute Gasteiger partial charge is 0.318 e. The van der Waals surface area contributed by atoms with Crippen molar-refractivity contribution in [3.8, 4) is 0 Å². The van der Waals surface area contributed by atoms with E-state index in [1.165, 1.54) is 0 Å². The van der Waals surface area contributed by atoms with Crippen LogP contribution in [0, 0.1) is 0 Å². The number of urea groups is 1. The third kappa shape index (κ3) is 4.71. The Morgan fingerprint density at radius 2 is 1.79 bits per heavy atom. The molecule has 0 bridgehead atoms. The molecule has 3 amide bonds. The van der Waals surface area contributed by atoms with E-state index in [0.29, 0.717) is 16.6 Å². The molecule has 0 fully saturated rings. The Labute approximate surface area is 150 Å². The summed E-state index contributed by atoms with van der Waals surface area (Å²) in [7, 11) is 1.78. The van der Waals surface area contributed by atoms with Gasteiger partial charge in [-0.05, 0) is 30.3 Å². The lowest BCUT2D eigenvalue weighted by Crippen LogP contribution is -2.43. The molecule has 24 heavy (non-hydrogen) atoms. The van der Waals surface area contributed by atoms with E-state index in [1.807, 2.05) is 36.4 Å². The number of imide groups is 1. The van der Waals surface area contributed by atoms with Gasteiger partial charge in [0, 0.05) is 6.54 Å². The van der Waals surface area contributed by atoms with Gasteiger partial charge in [-0.2, -0.15) is 0 Å². The number of likely N-dealkylation sites (N-methyl/N-ethyl adjacent to an activating group) is 1. The van der Waals surface area contributed by atoms with Crippen LogP contribution >= 0.6 is 23.2 Å². The Morgan fingerprint density at radius 1 is 1.12 bits per heavy atom. The van der Waals surface area contributed by atoms with Gasteiger partial charge in [-0.25, -0.2) is 4.79 Å². The second-order valence-corrected chi connectivity index (χ2v) is 6.14. The molecule has 0 unspecified atom stereocenters. The minimum atomic E-state index is -0.885. The first-order valence-electron chi connectivity index (χ1n) is 7.18. The number of primary amides is 1. The predicted molar refractivity (Wildman–Crippen MR) is 94.8 cm³/mol. The molecule has 3 N–H and O–H groups in total. The van der Waals surface area contributed by atoms with Crippen LogP contribution in [0.3, 0.4) is 0 Å². The molecular weight excluding hydrogens is 349 g/mol. The molecule has 0 radical (unpaired) electrons. The fourth-order valence-corrected chi connectivity index (χ4v) is 2.77. The Morgan fingerprint density at radius 3 is 2.38 bits per heavy atom. The maximum absolute atomic E-state index is 12.4. The van der Waals surface area contributed by atoms with Crippen LogP contribution in [0.2, 0.25) is 10.0 Å². The van der Waals surface area contributed by atoms with Crippen molar-refractivity contribution in [3.05, 3.63) is 69.7 Å². The molecule has 2 aromatic rings. The Bertz CT molecular complexity index is 738. The molecule has 7 heteroatoms. The average Bonchev–Trinajstić information content (AvgIpc) is 2.51. The van der Waals surface area contributed by atoms with Gasteiger partial charge in [0.1, 0.15) is 6.04 Å². The minimum Gasteiger partial charge on any atom is -0.351 e. The summed E-state index contributed by atoms with van der Waals surface area (Å²) in [6.07, 6.45) is 0. The summed E-state index contributed by atoms with van der Waals surface area (Å²) in [4.78, 5) is 25.3. The van der Waals surface area contributed by atoms with E-state index in [-0.39, 0.29) is 0 Å². The zero-order valence-corrected chi connectivity index (χ0v) is 14.5. The molecule has 0 saturated carbocycles. The van der Waals surface area contributed by atoms with Crippen molar-refractivity contribution in [1.29, 1.82) is 0 Å². The van der Waals surface area contributed by atoms with E-state index in [9.17, 15) is 9.59 Å². The van der Waals surface area contributed by atoms with Crippen LogP contribution in [-0.4, -0.2) is 23.9 Å². The number of halogens is 2. The zero-order valence-electron chi connectivity index (χ0n) is 13.0. The summed E-state index contributed by atoms with van der Waals surface area (Å²) in [6, 6.07) is 12.9. The molecule has 0 aliphatic carbocycles. The highest BCUT2D eigenvalue weighted by atomic mass is 35.5. The quantitative estimate of drug-likeness (QED) is 0.852. The van der Waals surface area contributed by atoms with Crippen molar-refractivity contribution in [2.45, 2.75) is 12.6 Å².